The van der Waals surface area contributed by atoms with Crippen LogP contribution in [0, 0.1) is 0 Å². The molecule has 0 aromatic carbocycles. The fourth-order valence-corrected chi connectivity index (χ4v) is 3.04. The molecule has 1 rings (SSSR count). The summed E-state index contributed by atoms with van der Waals surface area (Å²) in [6.07, 6.45) is 6.26. The van der Waals surface area contributed by atoms with Crippen LogP contribution in [0.5, 0.6) is 0 Å². The summed E-state index contributed by atoms with van der Waals surface area (Å²) in [5, 5.41) is 10.2. The first-order valence-corrected chi connectivity index (χ1v) is 6.74. The van der Waals surface area contributed by atoms with Crippen molar-refractivity contribution in [2.24, 2.45) is 0 Å². The van der Waals surface area contributed by atoms with E-state index in [2.05, 4.69) is 13.5 Å². The monoisotopic (exact) mass is 252 g/mol. The van der Waals surface area contributed by atoms with Gasteiger partial charge in [0.1, 0.15) is 5.76 Å². The Bertz CT molecular complexity index is 393. The van der Waals surface area contributed by atoms with Gasteiger partial charge in [0.05, 0.1) is 4.75 Å². The molecule has 1 aliphatic rings. The summed E-state index contributed by atoms with van der Waals surface area (Å²) in [5.41, 5.74) is 1.56. The van der Waals surface area contributed by atoms with E-state index in [-0.39, 0.29) is 10.9 Å². The molecule has 2 nitrogen and oxygen atoms in total. The van der Waals surface area contributed by atoms with Crippen LogP contribution < -0.4 is 0 Å². The van der Waals surface area contributed by atoms with Gasteiger partial charge in [0.2, 0.25) is 5.12 Å². The second-order valence-electron chi connectivity index (χ2n) is 4.52. The number of aliphatic hydroxyl groups excluding tert-OH is 1. The Balaban J connectivity index is 3.02. The van der Waals surface area contributed by atoms with Crippen LogP contribution in [0.4, 0.5) is 0 Å². The third-order valence-corrected chi connectivity index (χ3v) is 4.08. The van der Waals surface area contributed by atoms with Crippen LogP contribution >= 0.6 is 11.8 Å². The molecule has 1 heterocycles. The zero-order valence-corrected chi connectivity index (χ0v) is 11.6. The average molecular weight is 252 g/mol. The van der Waals surface area contributed by atoms with E-state index in [4.69, 9.17) is 0 Å². The second kappa shape index (κ2) is 5.58. The van der Waals surface area contributed by atoms with Gasteiger partial charge in [0.25, 0.3) is 0 Å². The highest BCUT2D eigenvalue weighted by Crippen LogP contribution is 2.45. The number of aliphatic hydroxyl groups is 1. The highest BCUT2D eigenvalue weighted by Gasteiger charge is 2.41. The van der Waals surface area contributed by atoms with Crippen molar-refractivity contribution < 1.29 is 9.90 Å². The molecule has 1 aliphatic heterocycles. The average Bonchev–Trinajstić information content (AvgIpc) is 2.48. The summed E-state index contributed by atoms with van der Waals surface area (Å²) in [7, 11) is 0. The third kappa shape index (κ3) is 3.03. The first kappa shape index (κ1) is 14.1. The number of thioether (sulfide) groups is 1. The molecule has 0 aliphatic carbocycles. The number of allylic oxidation sites excluding steroid dienone is 2. The van der Waals surface area contributed by atoms with E-state index in [0.29, 0.717) is 12.0 Å². The lowest BCUT2D eigenvalue weighted by molar-refractivity contribution is -0.108. The van der Waals surface area contributed by atoms with Gasteiger partial charge in [-0.2, -0.15) is 0 Å². The molecular formula is C14H20O2S. The Morgan fingerprint density at radius 2 is 2.24 bits per heavy atom. The van der Waals surface area contributed by atoms with Crippen LogP contribution in [0.1, 0.15) is 40.0 Å². The molecule has 0 aromatic heterocycles. The van der Waals surface area contributed by atoms with Crippen LogP contribution in [0.15, 0.2) is 35.6 Å². The molecule has 0 saturated heterocycles. The molecule has 0 fully saturated rings. The minimum Gasteiger partial charge on any atom is -0.510 e. The molecule has 0 spiro atoms. The molecule has 0 saturated carbocycles. The normalized spacial score (nSPS) is 25.6. The summed E-state index contributed by atoms with van der Waals surface area (Å²) >= 11 is 1.19. The number of hydrogen-bond donors (Lipinski definition) is 1. The molecule has 94 valence electrons. The number of carbonyl (C=O) groups is 1. The highest BCUT2D eigenvalue weighted by atomic mass is 32.2. The minimum atomic E-state index is -0.613. The number of rotatable bonds is 5. The van der Waals surface area contributed by atoms with E-state index in [9.17, 15) is 9.90 Å². The van der Waals surface area contributed by atoms with Crippen LogP contribution in [-0.4, -0.2) is 15.0 Å². The maximum absolute atomic E-state index is 11.9. The largest absolute Gasteiger partial charge is 0.510 e. The van der Waals surface area contributed by atoms with Crippen molar-refractivity contribution in [3.8, 4) is 0 Å². The van der Waals surface area contributed by atoms with Crippen molar-refractivity contribution in [2.45, 2.75) is 44.8 Å². The van der Waals surface area contributed by atoms with Gasteiger partial charge in [-0.25, -0.2) is 0 Å². The zero-order chi connectivity index (χ0) is 13.1. The van der Waals surface area contributed by atoms with Crippen molar-refractivity contribution in [2.75, 3.05) is 0 Å². The van der Waals surface area contributed by atoms with Gasteiger partial charge in [-0.3, -0.25) is 4.79 Å². The number of carbonyl (C=O) groups excluding carboxylic acids is 1. The van der Waals surface area contributed by atoms with Gasteiger partial charge in [0, 0.05) is 5.57 Å². The Morgan fingerprint density at radius 3 is 2.76 bits per heavy atom. The summed E-state index contributed by atoms with van der Waals surface area (Å²) in [5.74, 6) is 0.224. The Hall–Kier alpha value is -0.960. The van der Waals surface area contributed by atoms with Crippen molar-refractivity contribution in [3.05, 3.63) is 35.6 Å². The van der Waals surface area contributed by atoms with Gasteiger partial charge in [-0.1, -0.05) is 49.4 Å². The van der Waals surface area contributed by atoms with Gasteiger partial charge >= 0.3 is 0 Å². The first-order chi connectivity index (χ1) is 7.94. The van der Waals surface area contributed by atoms with Crippen molar-refractivity contribution in [1.29, 1.82) is 0 Å². The molecular weight excluding hydrogens is 232 g/mol. The molecule has 3 heteroatoms. The number of hydrogen-bond acceptors (Lipinski definition) is 3. The Kier molecular flexibility index (Phi) is 4.63. The third-order valence-electron chi connectivity index (χ3n) is 2.91. The Labute approximate surface area is 107 Å². The van der Waals surface area contributed by atoms with E-state index < -0.39 is 4.75 Å². The summed E-state index contributed by atoms with van der Waals surface area (Å²) in [6.45, 7) is 9.55. The van der Waals surface area contributed by atoms with E-state index in [1.807, 2.05) is 19.9 Å². The van der Waals surface area contributed by atoms with Crippen LogP contribution in [0.2, 0.25) is 0 Å². The van der Waals surface area contributed by atoms with E-state index >= 15 is 0 Å². The van der Waals surface area contributed by atoms with Gasteiger partial charge < -0.3 is 5.11 Å². The molecule has 1 atom stereocenters. The van der Waals surface area contributed by atoms with E-state index in [1.54, 1.807) is 6.08 Å². The standard InChI is InChI=1S/C14H20O2S/c1-5-7-8-11-12(15)14(4,17-13(11)16)9-10(3)6-2/h6,9,15H,2,5,7-8H2,1,3-4H3. The molecule has 0 radical (unpaired) electrons. The lowest BCUT2D eigenvalue weighted by Gasteiger charge is -2.18. The minimum absolute atomic E-state index is 0.00608. The van der Waals surface area contributed by atoms with E-state index in [0.717, 1.165) is 18.4 Å². The van der Waals surface area contributed by atoms with Gasteiger partial charge in [0.15, 0.2) is 0 Å². The smallest absolute Gasteiger partial charge is 0.220 e. The van der Waals surface area contributed by atoms with Gasteiger partial charge in [-0.15, -0.1) is 0 Å². The first-order valence-electron chi connectivity index (χ1n) is 5.92. The lowest BCUT2D eigenvalue weighted by Crippen LogP contribution is -2.17. The fraction of sp³-hybridized carbons (Fsp3) is 0.500. The molecule has 0 aromatic rings. The molecule has 0 amide bonds. The summed E-state index contributed by atoms with van der Waals surface area (Å²) in [4.78, 5) is 11.9. The van der Waals surface area contributed by atoms with Crippen LogP contribution in [0.25, 0.3) is 0 Å². The van der Waals surface area contributed by atoms with Crippen molar-refractivity contribution in [3.63, 3.8) is 0 Å². The maximum atomic E-state index is 11.9. The zero-order valence-electron chi connectivity index (χ0n) is 10.7. The topological polar surface area (TPSA) is 37.3 Å². The van der Waals surface area contributed by atoms with Crippen LogP contribution in [0.3, 0.4) is 0 Å². The SMILES string of the molecule is C=CC(C)=CC1(C)SC(=O)C(CCCC)=C1O. The summed E-state index contributed by atoms with van der Waals surface area (Å²) < 4.78 is -0.613. The quantitative estimate of drug-likeness (QED) is 0.747. The molecule has 17 heavy (non-hydrogen) atoms. The number of unbranched alkanes of at least 4 members (excludes halogenated alkanes) is 1. The predicted octanol–water partition coefficient (Wildman–Crippen LogP) is 4.15. The molecule has 1 N–H and O–H groups in total. The van der Waals surface area contributed by atoms with Gasteiger partial charge in [-0.05, 0) is 26.7 Å². The van der Waals surface area contributed by atoms with Crippen molar-refractivity contribution >= 4 is 16.9 Å². The molecule has 1 unspecified atom stereocenters. The summed E-state index contributed by atoms with van der Waals surface area (Å²) in [6, 6.07) is 0. The highest BCUT2D eigenvalue weighted by molar-refractivity contribution is 8.16. The lowest BCUT2D eigenvalue weighted by atomic mass is 9.99. The fourth-order valence-electron chi connectivity index (χ4n) is 1.86. The van der Waals surface area contributed by atoms with E-state index in [1.165, 1.54) is 11.8 Å². The maximum Gasteiger partial charge on any atom is 0.220 e. The van der Waals surface area contributed by atoms with Crippen LogP contribution in [-0.2, 0) is 4.79 Å². The van der Waals surface area contributed by atoms with Crippen molar-refractivity contribution in [1.82, 2.24) is 0 Å². The predicted molar refractivity (Wildman–Crippen MR) is 74.1 cm³/mol. The Morgan fingerprint density at radius 1 is 1.59 bits per heavy atom. The molecule has 0 bridgehead atoms. The second-order valence-corrected chi connectivity index (χ2v) is 5.94.